The number of hydrogen-bond donors (Lipinski definition) is 0. The molecule has 0 amide bonds. The van der Waals surface area contributed by atoms with Gasteiger partial charge in [0.1, 0.15) is 0 Å². The number of rotatable bonds is 7. The van der Waals surface area contributed by atoms with Gasteiger partial charge in [-0.1, -0.05) is 78.5 Å². The molecule has 27 heavy (non-hydrogen) atoms. The Morgan fingerprint density at radius 2 is 1.26 bits per heavy atom. The Balaban J connectivity index is 1.74. The van der Waals surface area contributed by atoms with Crippen LogP contribution in [0.25, 0.3) is 5.57 Å². The molecule has 0 saturated carbocycles. The molecule has 2 heteroatoms. The zero-order chi connectivity index (χ0) is 19.1. The number of aryl methyl sites for hydroxylation is 3. The Labute approximate surface area is 165 Å². The molecule has 0 bridgehead atoms. The van der Waals surface area contributed by atoms with Gasteiger partial charge < -0.3 is 4.43 Å². The van der Waals surface area contributed by atoms with Gasteiger partial charge in [-0.25, -0.2) is 0 Å². The van der Waals surface area contributed by atoms with Crippen molar-refractivity contribution in [2.45, 2.75) is 27.2 Å². The van der Waals surface area contributed by atoms with E-state index in [-0.39, 0.29) is 0 Å². The molecule has 0 aliphatic carbocycles. The lowest BCUT2D eigenvalue weighted by molar-refractivity contribution is 0.346. The van der Waals surface area contributed by atoms with Crippen LogP contribution >= 0.6 is 0 Å². The minimum Gasteiger partial charge on any atom is -0.412 e. The fourth-order valence-electron chi connectivity index (χ4n) is 3.26. The van der Waals surface area contributed by atoms with Gasteiger partial charge in [-0.3, -0.25) is 0 Å². The van der Waals surface area contributed by atoms with E-state index in [2.05, 4.69) is 99.3 Å². The van der Waals surface area contributed by atoms with E-state index in [1.165, 1.54) is 39.0 Å². The van der Waals surface area contributed by atoms with E-state index in [1.54, 1.807) is 0 Å². The topological polar surface area (TPSA) is 9.23 Å². The summed E-state index contributed by atoms with van der Waals surface area (Å²) in [6.07, 6.45) is 0.956. The summed E-state index contributed by atoms with van der Waals surface area (Å²) in [5, 5.41) is 0. The predicted octanol–water partition coefficient (Wildman–Crippen LogP) is 5.88. The van der Waals surface area contributed by atoms with Crippen molar-refractivity contribution < 1.29 is 4.43 Å². The number of benzene rings is 3. The molecule has 0 N–H and O–H groups in total. The monoisotopic (exact) mass is 370 g/mol. The Kier molecular flexibility index (Phi) is 6.80. The van der Waals surface area contributed by atoms with Crippen LogP contribution < -0.4 is 0 Å². The minimum atomic E-state index is 0.343. The van der Waals surface area contributed by atoms with Crippen molar-refractivity contribution in [3.05, 3.63) is 112 Å². The van der Waals surface area contributed by atoms with E-state index < -0.39 is 0 Å². The zero-order valence-electron chi connectivity index (χ0n) is 16.3. The third-order valence-corrected chi connectivity index (χ3v) is 5.67. The van der Waals surface area contributed by atoms with Crippen molar-refractivity contribution in [2.75, 3.05) is 6.61 Å². The van der Waals surface area contributed by atoms with Gasteiger partial charge in [0, 0.05) is 6.61 Å². The molecule has 3 aromatic carbocycles. The van der Waals surface area contributed by atoms with Gasteiger partial charge in [0.05, 0.1) is 0 Å². The van der Waals surface area contributed by atoms with Gasteiger partial charge in [0.2, 0.25) is 0 Å². The van der Waals surface area contributed by atoms with Crippen LogP contribution in [-0.4, -0.2) is 16.4 Å². The van der Waals surface area contributed by atoms with Gasteiger partial charge in [-0.2, -0.15) is 0 Å². The van der Waals surface area contributed by atoms with E-state index in [1.807, 2.05) is 0 Å². The van der Waals surface area contributed by atoms with Crippen LogP contribution in [0.2, 0.25) is 0 Å². The third-order valence-electron chi connectivity index (χ3n) is 4.89. The minimum absolute atomic E-state index is 0.343. The molecule has 0 saturated heterocycles. The first kappa shape index (κ1) is 19.3. The van der Waals surface area contributed by atoms with Gasteiger partial charge in [0.15, 0.2) is 0 Å². The summed E-state index contributed by atoms with van der Waals surface area (Å²) in [5.41, 5.74) is 11.4. The maximum Gasteiger partial charge on any atom is 0.261 e. The first-order chi connectivity index (χ1) is 13.2. The summed E-state index contributed by atoms with van der Waals surface area (Å²) < 4.78 is 6.00. The van der Waals surface area contributed by atoms with Gasteiger partial charge in [-0.05, 0) is 66.1 Å². The van der Waals surface area contributed by atoms with Crippen LogP contribution in [-0.2, 0) is 10.8 Å². The van der Waals surface area contributed by atoms with Crippen molar-refractivity contribution >= 4 is 15.3 Å². The van der Waals surface area contributed by atoms with E-state index in [0.29, 0.717) is 9.76 Å². The maximum absolute atomic E-state index is 6.00. The van der Waals surface area contributed by atoms with Gasteiger partial charge in [-0.15, -0.1) is 0 Å². The lowest BCUT2D eigenvalue weighted by Crippen LogP contribution is -2.04. The summed E-state index contributed by atoms with van der Waals surface area (Å²) >= 11 is 0. The average Bonchev–Trinajstić information content (AvgIpc) is 2.68. The highest BCUT2D eigenvalue weighted by atomic mass is 28.2. The molecule has 3 aromatic rings. The first-order valence-corrected chi connectivity index (χ1v) is 10.4. The molecule has 1 nitrogen and oxygen atoms in total. The second kappa shape index (κ2) is 9.49. The highest BCUT2D eigenvalue weighted by Crippen LogP contribution is 2.28. The summed E-state index contributed by atoms with van der Waals surface area (Å²) in [7, 11) is 0.343. The largest absolute Gasteiger partial charge is 0.412 e. The highest BCUT2D eigenvalue weighted by Gasteiger charge is 2.10. The van der Waals surface area contributed by atoms with E-state index >= 15 is 0 Å². The normalized spacial score (nSPS) is 10.6. The molecular formula is C25H26OSi. The second-order valence-electron chi connectivity index (χ2n) is 6.83. The molecule has 0 fully saturated rings. The Morgan fingerprint density at radius 3 is 1.81 bits per heavy atom. The van der Waals surface area contributed by atoms with Crippen molar-refractivity contribution in [1.82, 2.24) is 0 Å². The van der Waals surface area contributed by atoms with Crippen LogP contribution in [0, 0.1) is 20.8 Å². The predicted molar refractivity (Wildman–Crippen MR) is 116 cm³/mol. The van der Waals surface area contributed by atoms with E-state index in [9.17, 15) is 0 Å². The third kappa shape index (κ3) is 5.06. The summed E-state index contributed by atoms with van der Waals surface area (Å²) in [6, 6.07) is 25.7. The molecule has 0 atom stereocenters. The summed E-state index contributed by atoms with van der Waals surface area (Å²) in [6.45, 7) is 7.24. The Morgan fingerprint density at radius 1 is 0.741 bits per heavy atom. The molecule has 2 radical (unpaired) electrons. The molecule has 0 unspecified atom stereocenters. The molecule has 0 aliphatic rings. The first-order valence-electron chi connectivity index (χ1n) is 9.41. The lowest BCUT2D eigenvalue weighted by atomic mass is 9.93. The molecule has 136 valence electrons. The highest BCUT2D eigenvalue weighted by molar-refractivity contribution is 6.37. The molecule has 3 rings (SSSR count). The van der Waals surface area contributed by atoms with Crippen molar-refractivity contribution in [2.24, 2.45) is 0 Å². The SMILES string of the molecule is Cc1ccccc1CCO[Si]C=C(c1ccccc1C)c1ccccc1C. The molecular weight excluding hydrogens is 344 g/mol. The van der Waals surface area contributed by atoms with Crippen LogP contribution in [0.3, 0.4) is 0 Å². The van der Waals surface area contributed by atoms with Gasteiger partial charge >= 0.3 is 0 Å². The van der Waals surface area contributed by atoms with Crippen LogP contribution in [0.1, 0.15) is 33.4 Å². The second-order valence-corrected chi connectivity index (χ2v) is 7.64. The van der Waals surface area contributed by atoms with Crippen molar-refractivity contribution in [1.29, 1.82) is 0 Å². The standard InChI is InChI=1S/C25H26OSi/c1-19-10-4-7-13-22(19)16-17-26-27-18-25(23-14-8-5-11-20(23)2)24-15-9-6-12-21(24)3/h4-15,18H,16-17H2,1-3H3. The summed E-state index contributed by atoms with van der Waals surface area (Å²) in [4.78, 5) is 0. The van der Waals surface area contributed by atoms with Crippen LogP contribution in [0.5, 0.6) is 0 Å². The fraction of sp³-hybridized carbons (Fsp3) is 0.200. The van der Waals surface area contributed by atoms with E-state index in [0.717, 1.165) is 13.0 Å². The maximum atomic E-state index is 6.00. The van der Waals surface area contributed by atoms with E-state index in [4.69, 9.17) is 4.43 Å². The zero-order valence-corrected chi connectivity index (χ0v) is 17.3. The molecule has 0 heterocycles. The number of hydrogen-bond acceptors (Lipinski definition) is 1. The smallest absolute Gasteiger partial charge is 0.261 e. The lowest BCUT2D eigenvalue weighted by Gasteiger charge is -2.14. The van der Waals surface area contributed by atoms with Crippen LogP contribution in [0.15, 0.2) is 78.5 Å². The fourth-order valence-corrected chi connectivity index (χ4v) is 3.99. The Bertz CT molecular complexity index is 879. The van der Waals surface area contributed by atoms with Gasteiger partial charge in [0.25, 0.3) is 9.76 Å². The average molecular weight is 371 g/mol. The molecule has 0 spiro atoms. The quantitative estimate of drug-likeness (QED) is 0.373. The molecule has 0 aromatic heterocycles. The summed E-state index contributed by atoms with van der Waals surface area (Å²) in [5.74, 6) is 0. The molecule has 0 aliphatic heterocycles. The van der Waals surface area contributed by atoms with Crippen LogP contribution in [0.4, 0.5) is 0 Å². The van der Waals surface area contributed by atoms with Crippen molar-refractivity contribution in [3.8, 4) is 0 Å². The van der Waals surface area contributed by atoms with Crippen molar-refractivity contribution in [3.63, 3.8) is 0 Å². The Hall–Kier alpha value is -2.42.